The minimum absolute atomic E-state index is 0.0305. The molecule has 1 amide bonds. The van der Waals surface area contributed by atoms with Crippen LogP contribution >= 0.6 is 23.5 Å². The molecule has 2 aromatic carbocycles. The van der Waals surface area contributed by atoms with Gasteiger partial charge in [0.1, 0.15) is 5.03 Å². The van der Waals surface area contributed by atoms with Crippen LogP contribution in [-0.2, 0) is 0 Å². The number of aromatic nitrogens is 1. The lowest BCUT2D eigenvalue weighted by atomic mass is 10.1. The molecule has 1 N–H and O–H groups in total. The van der Waals surface area contributed by atoms with Crippen LogP contribution in [0.2, 0.25) is 0 Å². The van der Waals surface area contributed by atoms with E-state index in [0.717, 1.165) is 33.7 Å². The van der Waals surface area contributed by atoms with Gasteiger partial charge in [0.2, 0.25) is 0 Å². The van der Waals surface area contributed by atoms with Crippen molar-refractivity contribution in [3.8, 4) is 0 Å². The number of nitrogens with zero attached hydrogens (tertiary/aromatic N) is 1. The fraction of sp³-hybridized carbons (Fsp3) is 0.238. The van der Waals surface area contributed by atoms with Crippen LogP contribution in [0.15, 0.2) is 69.4 Å². The number of carbonyl (C=O) groups is 1. The average molecular weight is 383 g/mol. The maximum atomic E-state index is 12.7. The van der Waals surface area contributed by atoms with Gasteiger partial charge in [-0.1, -0.05) is 55.4 Å². The van der Waals surface area contributed by atoms with Crippen LogP contribution in [0.4, 0.5) is 0 Å². The molecule has 0 atom stereocenters. The molecular formula is C21H22N2OS2. The Morgan fingerprint density at radius 3 is 2.58 bits per heavy atom. The number of benzene rings is 2. The monoisotopic (exact) mass is 382 g/mol. The Labute approximate surface area is 163 Å². The lowest BCUT2D eigenvalue weighted by molar-refractivity contribution is 0.0954. The highest BCUT2D eigenvalue weighted by Gasteiger charge is 2.14. The molecule has 0 fully saturated rings. The van der Waals surface area contributed by atoms with Crippen molar-refractivity contribution in [3.63, 3.8) is 0 Å². The lowest BCUT2D eigenvalue weighted by Gasteiger charge is -2.11. The number of unbranched alkanes of at least 4 members (excludes halogenated alkanes) is 1. The van der Waals surface area contributed by atoms with Crippen molar-refractivity contribution in [2.24, 2.45) is 0 Å². The largest absolute Gasteiger partial charge is 0.352 e. The van der Waals surface area contributed by atoms with Crippen molar-refractivity contribution in [2.75, 3.05) is 12.8 Å². The number of para-hydroxylation sites is 1. The molecule has 26 heavy (non-hydrogen) atoms. The minimum atomic E-state index is -0.0305. The summed E-state index contributed by atoms with van der Waals surface area (Å²) in [4.78, 5) is 19.8. The molecule has 1 aromatic heterocycles. The molecule has 0 saturated carbocycles. The van der Waals surface area contributed by atoms with Crippen LogP contribution in [0.5, 0.6) is 0 Å². The topological polar surface area (TPSA) is 42.0 Å². The van der Waals surface area contributed by atoms with E-state index < -0.39 is 0 Å². The van der Waals surface area contributed by atoms with E-state index in [1.165, 1.54) is 4.90 Å². The van der Waals surface area contributed by atoms with Crippen molar-refractivity contribution in [3.05, 3.63) is 60.2 Å². The van der Waals surface area contributed by atoms with E-state index in [0.29, 0.717) is 12.1 Å². The molecule has 0 aliphatic carbocycles. The number of carbonyl (C=O) groups excluding carboxylic acids is 1. The second kappa shape index (κ2) is 9.10. The Hall–Kier alpha value is -1.98. The first-order valence-corrected chi connectivity index (χ1v) is 10.8. The van der Waals surface area contributed by atoms with Crippen LogP contribution < -0.4 is 5.32 Å². The quantitative estimate of drug-likeness (QED) is 0.424. The second-order valence-corrected chi connectivity index (χ2v) is 7.80. The third-order valence-electron chi connectivity index (χ3n) is 4.04. The van der Waals surface area contributed by atoms with Crippen LogP contribution in [0.1, 0.15) is 30.1 Å². The molecule has 1 heterocycles. The third kappa shape index (κ3) is 4.40. The van der Waals surface area contributed by atoms with E-state index in [1.807, 2.05) is 42.5 Å². The summed E-state index contributed by atoms with van der Waals surface area (Å²) in [6.07, 6.45) is 4.11. The Balaban J connectivity index is 1.97. The highest BCUT2D eigenvalue weighted by Crippen LogP contribution is 2.35. The van der Waals surface area contributed by atoms with Gasteiger partial charge < -0.3 is 5.32 Å². The van der Waals surface area contributed by atoms with Gasteiger partial charge in [-0.15, -0.1) is 11.8 Å². The van der Waals surface area contributed by atoms with Crippen molar-refractivity contribution in [2.45, 2.75) is 34.6 Å². The summed E-state index contributed by atoms with van der Waals surface area (Å²) in [5.74, 6) is -0.0305. The zero-order valence-corrected chi connectivity index (χ0v) is 16.6. The molecule has 3 rings (SSSR count). The van der Waals surface area contributed by atoms with Gasteiger partial charge in [-0.25, -0.2) is 4.98 Å². The number of fused-ring (bicyclic) bond motifs is 1. The molecule has 5 heteroatoms. The van der Waals surface area contributed by atoms with Crippen LogP contribution in [0.3, 0.4) is 0 Å². The van der Waals surface area contributed by atoms with E-state index in [-0.39, 0.29) is 5.91 Å². The molecule has 0 spiro atoms. The summed E-state index contributed by atoms with van der Waals surface area (Å²) < 4.78 is 0. The normalized spacial score (nSPS) is 10.8. The van der Waals surface area contributed by atoms with Gasteiger partial charge in [0, 0.05) is 21.7 Å². The molecule has 0 bridgehead atoms. The number of hydrogen-bond acceptors (Lipinski definition) is 4. The van der Waals surface area contributed by atoms with Gasteiger partial charge in [-0.3, -0.25) is 4.79 Å². The molecule has 0 aliphatic heterocycles. The first-order chi connectivity index (χ1) is 12.7. The Bertz CT molecular complexity index is 911. The molecule has 0 radical (unpaired) electrons. The van der Waals surface area contributed by atoms with E-state index >= 15 is 0 Å². The highest BCUT2D eigenvalue weighted by molar-refractivity contribution is 8.02. The highest BCUT2D eigenvalue weighted by atomic mass is 32.2. The van der Waals surface area contributed by atoms with E-state index in [4.69, 9.17) is 4.98 Å². The summed E-state index contributed by atoms with van der Waals surface area (Å²) in [7, 11) is 0. The SMILES string of the molecule is CCCCNC(=O)c1cc(Sc2ccccc2SC)nc2ccccc12. The van der Waals surface area contributed by atoms with Crippen LogP contribution in [0, 0.1) is 0 Å². The number of rotatable bonds is 7. The van der Waals surface area contributed by atoms with Crippen molar-refractivity contribution >= 4 is 40.3 Å². The number of hydrogen-bond donors (Lipinski definition) is 1. The zero-order chi connectivity index (χ0) is 18.4. The molecule has 3 nitrogen and oxygen atoms in total. The first-order valence-electron chi connectivity index (χ1n) is 8.71. The maximum Gasteiger partial charge on any atom is 0.252 e. The molecule has 3 aromatic rings. The Morgan fingerprint density at radius 2 is 1.81 bits per heavy atom. The molecule has 0 saturated heterocycles. The lowest BCUT2D eigenvalue weighted by Crippen LogP contribution is -2.24. The van der Waals surface area contributed by atoms with Crippen molar-refractivity contribution < 1.29 is 4.79 Å². The first kappa shape index (κ1) is 18.8. The van der Waals surface area contributed by atoms with Crippen molar-refractivity contribution in [1.29, 1.82) is 0 Å². The number of thioether (sulfide) groups is 1. The maximum absolute atomic E-state index is 12.7. The van der Waals surface area contributed by atoms with Crippen LogP contribution in [-0.4, -0.2) is 23.7 Å². The number of amides is 1. The number of nitrogens with one attached hydrogen (secondary N) is 1. The zero-order valence-electron chi connectivity index (χ0n) is 15.0. The molecular weight excluding hydrogens is 360 g/mol. The smallest absolute Gasteiger partial charge is 0.252 e. The average Bonchev–Trinajstić information content (AvgIpc) is 2.68. The third-order valence-corrected chi connectivity index (χ3v) is 5.96. The van der Waals surface area contributed by atoms with Gasteiger partial charge in [0.05, 0.1) is 11.1 Å². The molecule has 0 aliphatic rings. The van der Waals surface area contributed by atoms with E-state index in [9.17, 15) is 4.79 Å². The second-order valence-electron chi connectivity index (χ2n) is 5.89. The number of pyridine rings is 1. The predicted molar refractivity (Wildman–Crippen MR) is 111 cm³/mol. The Morgan fingerprint density at radius 1 is 1.08 bits per heavy atom. The fourth-order valence-electron chi connectivity index (χ4n) is 2.68. The van der Waals surface area contributed by atoms with E-state index in [1.54, 1.807) is 23.5 Å². The minimum Gasteiger partial charge on any atom is -0.352 e. The van der Waals surface area contributed by atoms with Gasteiger partial charge in [-0.2, -0.15) is 0 Å². The fourth-order valence-corrected chi connectivity index (χ4v) is 4.40. The van der Waals surface area contributed by atoms with Gasteiger partial charge >= 0.3 is 0 Å². The summed E-state index contributed by atoms with van der Waals surface area (Å²) in [5.41, 5.74) is 1.54. The van der Waals surface area contributed by atoms with Crippen molar-refractivity contribution in [1.82, 2.24) is 10.3 Å². The summed E-state index contributed by atoms with van der Waals surface area (Å²) >= 11 is 3.32. The van der Waals surface area contributed by atoms with Gasteiger partial charge in [-0.05, 0) is 36.9 Å². The Kier molecular flexibility index (Phi) is 6.58. The standard InChI is InChI=1S/C21H22N2OS2/c1-3-4-13-22-21(24)16-14-20(23-17-10-6-5-9-15(16)17)26-19-12-8-7-11-18(19)25-2/h5-12,14H,3-4,13H2,1-2H3,(H,22,24). The summed E-state index contributed by atoms with van der Waals surface area (Å²) in [6.45, 7) is 2.82. The predicted octanol–water partition coefficient (Wildman–Crippen LogP) is 5.64. The van der Waals surface area contributed by atoms with Crippen LogP contribution in [0.25, 0.3) is 10.9 Å². The summed E-state index contributed by atoms with van der Waals surface area (Å²) in [5, 5.41) is 4.76. The molecule has 134 valence electrons. The van der Waals surface area contributed by atoms with Gasteiger partial charge in [0.25, 0.3) is 5.91 Å². The van der Waals surface area contributed by atoms with Gasteiger partial charge in [0.15, 0.2) is 0 Å². The summed E-state index contributed by atoms with van der Waals surface area (Å²) in [6, 6.07) is 18.0. The molecule has 0 unspecified atom stereocenters. The van der Waals surface area contributed by atoms with E-state index in [2.05, 4.69) is 30.6 Å².